The van der Waals surface area contributed by atoms with Crippen LogP contribution in [0, 0.1) is 25.2 Å². The smallest absolute Gasteiger partial charge is 0.125 e. The highest BCUT2D eigenvalue weighted by Crippen LogP contribution is 2.25. The summed E-state index contributed by atoms with van der Waals surface area (Å²) in [4.78, 5) is 4.25. The Balaban J connectivity index is 3.30. The van der Waals surface area contributed by atoms with Crippen LogP contribution in [0.5, 0.6) is 0 Å². The molecule has 0 unspecified atom stereocenters. The first kappa shape index (κ1) is 12.8. The molecular formula is C13H16N4. The number of nitrogens with zero attached hydrogens (tertiary/aromatic N) is 2. The minimum absolute atomic E-state index is 0.325. The summed E-state index contributed by atoms with van der Waals surface area (Å²) in [6.45, 7) is 3.99. The maximum atomic E-state index is 8.83. The Kier molecular flexibility index (Phi) is 4.29. The minimum Gasteiger partial charge on any atom is -0.404 e. The quantitative estimate of drug-likeness (QED) is 0.611. The first-order valence-electron chi connectivity index (χ1n) is 5.28. The van der Waals surface area contributed by atoms with E-state index in [1.54, 1.807) is 0 Å². The number of hydrogen-bond donors (Lipinski definition) is 2. The second kappa shape index (κ2) is 5.71. The van der Waals surface area contributed by atoms with Gasteiger partial charge < -0.3 is 11.5 Å². The van der Waals surface area contributed by atoms with Crippen molar-refractivity contribution in [1.82, 2.24) is 0 Å². The highest BCUT2D eigenvalue weighted by atomic mass is 14.9. The fourth-order valence-electron chi connectivity index (χ4n) is 1.54. The number of aliphatic imine (C=N–C) groups is 1. The van der Waals surface area contributed by atoms with E-state index in [-0.39, 0.29) is 0 Å². The average molecular weight is 228 g/mol. The van der Waals surface area contributed by atoms with Crippen LogP contribution in [0.1, 0.15) is 16.7 Å². The Morgan fingerprint density at radius 3 is 2.76 bits per heavy atom. The number of nitriles is 1. The molecule has 1 rings (SSSR count). The zero-order valence-corrected chi connectivity index (χ0v) is 10.1. The van der Waals surface area contributed by atoms with Crippen molar-refractivity contribution in [2.45, 2.75) is 20.3 Å². The van der Waals surface area contributed by atoms with Crippen molar-refractivity contribution in [3.05, 3.63) is 41.1 Å². The van der Waals surface area contributed by atoms with Crippen molar-refractivity contribution >= 4 is 11.5 Å². The van der Waals surface area contributed by atoms with Gasteiger partial charge in [0.2, 0.25) is 0 Å². The molecular weight excluding hydrogens is 212 g/mol. The molecule has 0 atom stereocenters. The third kappa shape index (κ3) is 3.08. The van der Waals surface area contributed by atoms with Crippen LogP contribution < -0.4 is 11.5 Å². The predicted molar refractivity (Wildman–Crippen MR) is 69.8 cm³/mol. The van der Waals surface area contributed by atoms with Crippen molar-refractivity contribution in [2.24, 2.45) is 16.5 Å². The molecule has 1 aromatic rings. The lowest BCUT2D eigenvalue weighted by molar-refractivity contribution is 1.17. The topological polar surface area (TPSA) is 88.2 Å². The molecule has 0 fully saturated rings. The molecule has 0 saturated carbocycles. The third-order valence-electron chi connectivity index (χ3n) is 2.62. The second-order valence-electron chi connectivity index (χ2n) is 3.74. The summed E-state index contributed by atoms with van der Waals surface area (Å²) < 4.78 is 0. The van der Waals surface area contributed by atoms with Gasteiger partial charge in [-0.15, -0.1) is 0 Å². The molecule has 4 heteroatoms. The molecule has 4 nitrogen and oxygen atoms in total. The lowest BCUT2D eigenvalue weighted by atomic mass is 9.99. The van der Waals surface area contributed by atoms with E-state index in [1.807, 2.05) is 26.0 Å². The molecule has 0 aromatic heterocycles. The largest absolute Gasteiger partial charge is 0.404 e. The monoisotopic (exact) mass is 228 g/mol. The van der Waals surface area contributed by atoms with Crippen LogP contribution in [0.4, 0.5) is 5.69 Å². The Morgan fingerprint density at radius 2 is 2.18 bits per heavy atom. The molecule has 0 saturated heterocycles. The molecule has 0 aliphatic carbocycles. The van der Waals surface area contributed by atoms with Crippen molar-refractivity contribution in [3.63, 3.8) is 0 Å². The summed E-state index contributed by atoms with van der Waals surface area (Å²) in [7, 11) is 0. The summed E-state index contributed by atoms with van der Waals surface area (Å²) in [5.41, 5.74) is 14.8. The van der Waals surface area contributed by atoms with Crippen molar-refractivity contribution in [3.8, 4) is 6.07 Å². The van der Waals surface area contributed by atoms with Gasteiger partial charge in [-0.05, 0) is 48.9 Å². The molecule has 0 radical (unpaired) electrons. The number of aryl methyl sites for hydroxylation is 1. The maximum absolute atomic E-state index is 8.83. The van der Waals surface area contributed by atoms with Crippen molar-refractivity contribution in [2.75, 3.05) is 0 Å². The lowest BCUT2D eigenvalue weighted by Gasteiger charge is -2.09. The first-order valence-corrected chi connectivity index (χ1v) is 5.28. The first-order chi connectivity index (χ1) is 8.10. The van der Waals surface area contributed by atoms with E-state index < -0.39 is 0 Å². The van der Waals surface area contributed by atoms with Gasteiger partial charge in [0.05, 0.1) is 18.2 Å². The Hall–Kier alpha value is -2.28. The summed E-state index contributed by atoms with van der Waals surface area (Å²) >= 11 is 0. The Morgan fingerprint density at radius 1 is 1.47 bits per heavy atom. The summed E-state index contributed by atoms with van der Waals surface area (Å²) in [6.07, 6.45) is 3.18. The summed E-state index contributed by atoms with van der Waals surface area (Å²) in [6, 6.07) is 5.98. The van der Waals surface area contributed by atoms with Crippen LogP contribution in [-0.4, -0.2) is 5.84 Å². The third-order valence-corrected chi connectivity index (χ3v) is 2.62. The Labute approximate surface area is 101 Å². The lowest BCUT2D eigenvalue weighted by Crippen LogP contribution is -2.08. The van der Waals surface area contributed by atoms with Crippen LogP contribution >= 0.6 is 0 Å². The molecule has 1 aromatic carbocycles. The summed E-state index contributed by atoms with van der Waals surface area (Å²) in [5, 5.41) is 8.83. The highest BCUT2D eigenvalue weighted by molar-refractivity contribution is 5.93. The Bertz CT molecular complexity index is 507. The fraction of sp³-hybridized carbons (Fsp3) is 0.231. The molecule has 17 heavy (non-hydrogen) atoms. The van der Waals surface area contributed by atoms with Crippen LogP contribution in [0.2, 0.25) is 0 Å². The van der Waals surface area contributed by atoms with Gasteiger partial charge >= 0.3 is 0 Å². The highest BCUT2D eigenvalue weighted by Gasteiger charge is 2.07. The number of hydrogen-bond acceptors (Lipinski definition) is 3. The van der Waals surface area contributed by atoms with E-state index >= 15 is 0 Å². The number of nitrogens with two attached hydrogens (primary N) is 2. The van der Waals surface area contributed by atoms with Crippen molar-refractivity contribution in [1.29, 1.82) is 5.26 Å². The van der Waals surface area contributed by atoms with Crippen molar-refractivity contribution < 1.29 is 0 Å². The van der Waals surface area contributed by atoms with Crippen LogP contribution in [0.3, 0.4) is 0 Å². The van der Waals surface area contributed by atoms with Gasteiger partial charge in [0.1, 0.15) is 5.84 Å². The minimum atomic E-state index is 0.325. The predicted octanol–water partition coefficient (Wildman–Crippen LogP) is 1.83. The molecule has 0 aliphatic rings. The molecule has 4 N–H and O–H groups in total. The normalized spacial score (nSPS) is 11.7. The fourth-order valence-corrected chi connectivity index (χ4v) is 1.54. The molecule has 0 aliphatic heterocycles. The van der Waals surface area contributed by atoms with Gasteiger partial charge in [-0.3, -0.25) is 0 Å². The van der Waals surface area contributed by atoms with Crippen LogP contribution in [0.25, 0.3) is 0 Å². The van der Waals surface area contributed by atoms with E-state index in [0.717, 1.165) is 22.4 Å². The average Bonchev–Trinajstić information content (AvgIpc) is 2.29. The van der Waals surface area contributed by atoms with E-state index in [4.69, 9.17) is 16.7 Å². The van der Waals surface area contributed by atoms with Gasteiger partial charge in [-0.2, -0.15) is 5.26 Å². The number of rotatable bonds is 3. The van der Waals surface area contributed by atoms with E-state index in [0.29, 0.717) is 12.3 Å². The van der Waals surface area contributed by atoms with Gasteiger partial charge in [0, 0.05) is 0 Å². The molecule has 0 amide bonds. The SMILES string of the molecule is Cc1ccc(N=C(N)C=CN)c(CC#N)c1C. The van der Waals surface area contributed by atoms with E-state index in [2.05, 4.69) is 11.1 Å². The van der Waals surface area contributed by atoms with Gasteiger partial charge in [0.15, 0.2) is 0 Å². The van der Waals surface area contributed by atoms with E-state index in [1.165, 1.54) is 12.3 Å². The molecule has 0 bridgehead atoms. The maximum Gasteiger partial charge on any atom is 0.125 e. The standard InChI is InChI=1S/C13H16N4/c1-9-3-4-12(17-13(16)6-8-15)11(5-7-14)10(9)2/h3-4,6,8H,5,15H2,1-2H3,(H2,16,17). The van der Waals surface area contributed by atoms with Gasteiger partial charge in [0.25, 0.3) is 0 Å². The van der Waals surface area contributed by atoms with Crippen LogP contribution in [0.15, 0.2) is 29.4 Å². The van der Waals surface area contributed by atoms with Crippen LogP contribution in [-0.2, 0) is 6.42 Å². The number of benzene rings is 1. The number of amidine groups is 1. The molecule has 88 valence electrons. The summed E-state index contributed by atoms with van der Waals surface area (Å²) in [5.74, 6) is 0.329. The second-order valence-corrected chi connectivity index (χ2v) is 3.74. The zero-order valence-electron chi connectivity index (χ0n) is 10.1. The van der Waals surface area contributed by atoms with E-state index in [9.17, 15) is 0 Å². The molecule has 0 heterocycles. The zero-order chi connectivity index (χ0) is 12.8. The van der Waals surface area contributed by atoms with Gasteiger partial charge in [-0.1, -0.05) is 6.07 Å². The molecule has 0 spiro atoms. The van der Waals surface area contributed by atoms with Gasteiger partial charge in [-0.25, -0.2) is 4.99 Å².